The molecule has 0 bridgehead atoms. The van der Waals surface area contributed by atoms with Gasteiger partial charge in [0, 0.05) is 6.92 Å². The van der Waals surface area contributed by atoms with Crippen molar-refractivity contribution in [3.05, 3.63) is 48.0 Å². The monoisotopic (exact) mass is 340 g/mol. The van der Waals surface area contributed by atoms with Crippen molar-refractivity contribution in [3.63, 3.8) is 0 Å². The van der Waals surface area contributed by atoms with Gasteiger partial charge in [-0.3, -0.25) is 4.79 Å². The zero-order valence-corrected chi connectivity index (χ0v) is 13.1. The van der Waals surface area contributed by atoms with Crippen LogP contribution in [0.5, 0.6) is 0 Å². The second-order valence-corrected chi connectivity index (χ2v) is 5.71. The lowest BCUT2D eigenvalue weighted by Gasteiger charge is -2.40. The Balaban J connectivity index is 2.08. The zero-order valence-electron chi connectivity index (χ0n) is 12.4. The summed E-state index contributed by atoms with van der Waals surface area (Å²) in [6, 6.07) is 8.21. The van der Waals surface area contributed by atoms with Crippen LogP contribution in [0.15, 0.2) is 42.5 Å². The van der Waals surface area contributed by atoms with Crippen molar-refractivity contribution in [1.29, 1.82) is 0 Å². The van der Waals surface area contributed by atoms with E-state index in [0.29, 0.717) is 5.56 Å². The van der Waals surface area contributed by atoms with E-state index in [0.717, 1.165) is 0 Å². The second-order valence-electron chi connectivity index (χ2n) is 5.24. The highest BCUT2D eigenvalue weighted by Crippen LogP contribution is 2.31. The maximum absolute atomic E-state index is 11.9. The fraction of sp³-hybridized carbons (Fsp3) is 0.375. The molecule has 6 nitrogen and oxygen atoms in total. The predicted molar refractivity (Wildman–Crippen MR) is 82.0 cm³/mol. The van der Waals surface area contributed by atoms with Crippen LogP contribution >= 0.6 is 11.6 Å². The van der Waals surface area contributed by atoms with E-state index >= 15 is 0 Å². The number of hydrogen-bond acceptors (Lipinski definition) is 6. The van der Waals surface area contributed by atoms with Gasteiger partial charge in [-0.05, 0) is 18.2 Å². The quantitative estimate of drug-likeness (QED) is 0.483. The Morgan fingerprint density at radius 1 is 1.26 bits per heavy atom. The number of carbonyl (C=O) groups is 2. The number of esters is 2. The first-order valence-corrected chi connectivity index (χ1v) is 7.40. The van der Waals surface area contributed by atoms with Crippen LogP contribution < -0.4 is 0 Å². The third-order valence-electron chi connectivity index (χ3n) is 3.52. The summed E-state index contributed by atoms with van der Waals surface area (Å²) < 4.78 is 9.96. The average molecular weight is 341 g/mol. The maximum atomic E-state index is 11.9. The van der Waals surface area contributed by atoms with Gasteiger partial charge < -0.3 is 19.7 Å². The molecule has 2 rings (SSSR count). The minimum absolute atomic E-state index is 0.305. The van der Waals surface area contributed by atoms with Gasteiger partial charge in [-0.1, -0.05) is 24.3 Å². The van der Waals surface area contributed by atoms with Crippen LogP contribution in [0.4, 0.5) is 0 Å². The van der Waals surface area contributed by atoms with E-state index < -0.39 is 41.7 Å². The van der Waals surface area contributed by atoms with E-state index in [9.17, 15) is 19.8 Å². The summed E-state index contributed by atoms with van der Waals surface area (Å²) in [5.41, 5.74) is -1.67. The van der Waals surface area contributed by atoms with E-state index in [-0.39, 0.29) is 0 Å². The summed E-state index contributed by atoms with van der Waals surface area (Å²) in [5.74, 6) is -1.27. The Hall–Kier alpha value is -1.89. The fourth-order valence-electron chi connectivity index (χ4n) is 2.23. The highest BCUT2D eigenvalue weighted by molar-refractivity contribution is 6.22. The van der Waals surface area contributed by atoms with Crippen LogP contribution in [0.1, 0.15) is 17.3 Å². The van der Waals surface area contributed by atoms with Gasteiger partial charge in [0.25, 0.3) is 0 Å². The number of halogens is 1. The molecule has 1 aliphatic carbocycles. The lowest BCUT2D eigenvalue weighted by atomic mass is 9.84. The standard InChI is InChI=1S/C16H17ClO6/c1-10(18)23-12-7-8-13(17)16(21,14(12)19)9-22-15(20)11-5-3-2-4-6-11/h2-8,12-14,19,21H,9H2,1H3/t12-,13+,14+,16-/m0/s1. The van der Waals surface area contributed by atoms with Crippen LogP contribution in [0.3, 0.4) is 0 Å². The number of aliphatic hydroxyl groups excluding tert-OH is 1. The summed E-state index contributed by atoms with van der Waals surface area (Å²) in [5, 5.41) is 19.8. The molecule has 0 aliphatic heterocycles. The van der Waals surface area contributed by atoms with Crippen LogP contribution in [0.2, 0.25) is 0 Å². The van der Waals surface area contributed by atoms with Gasteiger partial charge in [0.1, 0.15) is 24.4 Å². The van der Waals surface area contributed by atoms with Crippen LogP contribution in [0.25, 0.3) is 0 Å². The van der Waals surface area contributed by atoms with Crippen molar-refractivity contribution >= 4 is 23.5 Å². The molecule has 0 amide bonds. The third kappa shape index (κ3) is 3.90. The Morgan fingerprint density at radius 2 is 1.91 bits per heavy atom. The van der Waals surface area contributed by atoms with Crippen molar-refractivity contribution in [2.45, 2.75) is 30.1 Å². The van der Waals surface area contributed by atoms with Gasteiger partial charge >= 0.3 is 11.9 Å². The molecule has 0 aromatic heterocycles. The molecule has 0 unspecified atom stereocenters. The lowest BCUT2D eigenvalue weighted by molar-refractivity contribution is -0.169. The summed E-state index contributed by atoms with van der Waals surface area (Å²) in [7, 11) is 0. The van der Waals surface area contributed by atoms with Crippen molar-refractivity contribution in [1.82, 2.24) is 0 Å². The summed E-state index contributed by atoms with van der Waals surface area (Å²) in [6.07, 6.45) is 0.181. The Bertz CT molecular complexity index is 602. The van der Waals surface area contributed by atoms with Crippen LogP contribution in [-0.2, 0) is 14.3 Å². The molecular formula is C16H17ClO6. The molecule has 0 fully saturated rings. The minimum atomic E-state index is -1.97. The topological polar surface area (TPSA) is 93.1 Å². The Morgan fingerprint density at radius 3 is 2.52 bits per heavy atom. The summed E-state index contributed by atoms with van der Waals surface area (Å²) in [4.78, 5) is 23.0. The smallest absolute Gasteiger partial charge is 0.338 e. The number of rotatable bonds is 4. The van der Waals surface area contributed by atoms with Gasteiger partial charge in [-0.2, -0.15) is 0 Å². The van der Waals surface area contributed by atoms with E-state index in [4.69, 9.17) is 21.1 Å². The summed E-state index contributed by atoms with van der Waals surface area (Å²) >= 11 is 6.02. The molecule has 0 heterocycles. The largest absolute Gasteiger partial charge is 0.459 e. The van der Waals surface area contributed by atoms with Gasteiger partial charge in [0.05, 0.1) is 10.9 Å². The number of ether oxygens (including phenoxy) is 2. The van der Waals surface area contributed by atoms with Crippen molar-refractivity contribution in [2.75, 3.05) is 6.61 Å². The van der Waals surface area contributed by atoms with E-state index in [1.807, 2.05) is 0 Å². The average Bonchev–Trinajstić information content (AvgIpc) is 2.54. The van der Waals surface area contributed by atoms with Crippen molar-refractivity contribution < 1.29 is 29.3 Å². The Kier molecular flexibility index (Phi) is 5.41. The number of hydrogen-bond donors (Lipinski definition) is 2. The molecule has 1 aromatic carbocycles. The molecule has 7 heteroatoms. The highest BCUT2D eigenvalue weighted by atomic mass is 35.5. The molecule has 124 valence electrons. The van der Waals surface area contributed by atoms with Gasteiger partial charge in [-0.25, -0.2) is 4.79 Å². The molecule has 4 atom stereocenters. The van der Waals surface area contributed by atoms with Crippen molar-refractivity contribution in [3.8, 4) is 0 Å². The molecule has 0 radical (unpaired) electrons. The molecule has 2 N–H and O–H groups in total. The SMILES string of the molecule is CC(=O)O[C@H]1C=C[C@@H](Cl)[C@@](O)(COC(=O)c2ccccc2)[C@@H]1O. The molecule has 23 heavy (non-hydrogen) atoms. The fourth-order valence-corrected chi connectivity index (χ4v) is 2.50. The minimum Gasteiger partial charge on any atom is -0.459 e. The van der Waals surface area contributed by atoms with Gasteiger partial charge in [-0.15, -0.1) is 11.6 Å². The number of alkyl halides is 1. The molecule has 0 saturated carbocycles. The molecule has 0 spiro atoms. The summed E-state index contributed by atoms with van der Waals surface area (Å²) in [6.45, 7) is 0.639. The molecule has 1 aliphatic rings. The Labute approximate surface area is 138 Å². The van der Waals surface area contributed by atoms with Gasteiger partial charge in [0.2, 0.25) is 0 Å². The first-order valence-electron chi connectivity index (χ1n) is 6.97. The third-order valence-corrected chi connectivity index (χ3v) is 4.04. The highest BCUT2D eigenvalue weighted by Gasteiger charge is 2.49. The first kappa shape index (κ1) is 17.5. The van der Waals surface area contributed by atoms with Gasteiger partial charge in [0.15, 0.2) is 0 Å². The van der Waals surface area contributed by atoms with E-state index in [1.165, 1.54) is 19.1 Å². The molecule has 1 aromatic rings. The van der Waals surface area contributed by atoms with Crippen LogP contribution in [0, 0.1) is 0 Å². The predicted octanol–water partition coefficient (Wildman–Crippen LogP) is 1.04. The number of aliphatic hydroxyl groups is 2. The normalized spacial score (nSPS) is 29.8. The first-order chi connectivity index (χ1) is 10.8. The lowest BCUT2D eigenvalue weighted by Crippen LogP contribution is -2.60. The molecule has 0 saturated heterocycles. The second kappa shape index (κ2) is 7.12. The van der Waals surface area contributed by atoms with Crippen molar-refractivity contribution in [2.24, 2.45) is 0 Å². The number of carbonyl (C=O) groups excluding carboxylic acids is 2. The van der Waals surface area contributed by atoms with Crippen LogP contribution in [-0.4, -0.2) is 51.9 Å². The maximum Gasteiger partial charge on any atom is 0.338 e. The molecular weight excluding hydrogens is 324 g/mol. The van der Waals surface area contributed by atoms with E-state index in [1.54, 1.807) is 30.3 Å². The van der Waals surface area contributed by atoms with E-state index in [2.05, 4.69) is 0 Å². The zero-order chi connectivity index (χ0) is 17.0. The number of benzene rings is 1.